The minimum atomic E-state index is 0.112. The zero-order valence-corrected chi connectivity index (χ0v) is 35.1. The molecule has 62 heavy (non-hydrogen) atoms. The van der Waals surface area contributed by atoms with Gasteiger partial charge in [-0.25, -0.2) is 0 Å². The summed E-state index contributed by atoms with van der Waals surface area (Å²) >= 11 is 0. The fourth-order valence-corrected chi connectivity index (χ4v) is 11.2. The van der Waals surface area contributed by atoms with Crippen molar-refractivity contribution in [3.63, 3.8) is 0 Å². The molecule has 0 saturated carbocycles. The lowest BCUT2D eigenvalue weighted by Crippen LogP contribution is -2.58. The van der Waals surface area contributed by atoms with Crippen LogP contribution in [0.1, 0.15) is 26.3 Å². The lowest BCUT2D eigenvalue weighted by Gasteiger charge is -2.41. The Labute approximate surface area is 364 Å². The summed E-state index contributed by atoms with van der Waals surface area (Å²) in [5.41, 5.74) is 27.3. The van der Waals surface area contributed by atoms with Crippen LogP contribution in [0.3, 0.4) is 0 Å². The molecule has 0 unspecified atom stereocenters. The molecule has 0 spiro atoms. The van der Waals surface area contributed by atoms with Crippen molar-refractivity contribution in [3.05, 3.63) is 206 Å². The smallest absolute Gasteiger partial charge is 0.248 e. The van der Waals surface area contributed by atoms with Crippen LogP contribution in [0.5, 0.6) is 0 Å². The second-order valence-electron chi connectivity index (χ2n) is 18.4. The quantitative estimate of drug-likeness (QED) is 0.164. The Bertz CT molecular complexity index is 3270. The maximum atomic E-state index is 2.57. The lowest BCUT2D eigenvalue weighted by atomic mass is 9.34. The molecule has 4 heterocycles. The monoisotopic (exact) mass is 788 g/mol. The Balaban J connectivity index is 1.04. The summed E-state index contributed by atoms with van der Waals surface area (Å²) in [4.78, 5) is 5.11. The molecule has 13 rings (SSSR count). The third kappa shape index (κ3) is 5.07. The van der Waals surface area contributed by atoms with E-state index in [-0.39, 0.29) is 18.8 Å². The van der Waals surface area contributed by atoms with Gasteiger partial charge in [-0.05, 0) is 126 Å². The predicted octanol–water partition coefficient (Wildman–Crippen LogP) is 10.9. The number of nitrogens with zero attached hydrogens (tertiary/aromatic N) is 2. The zero-order valence-electron chi connectivity index (χ0n) is 35.1. The van der Waals surface area contributed by atoms with Crippen molar-refractivity contribution < 1.29 is 0 Å². The molecule has 0 aliphatic carbocycles. The summed E-state index contributed by atoms with van der Waals surface area (Å²) in [5, 5.41) is 0. The van der Waals surface area contributed by atoms with E-state index in [0.29, 0.717) is 0 Å². The van der Waals surface area contributed by atoms with Gasteiger partial charge < -0.3 is 9.80 Å². The number of hydrogen-bond donors (Lipinski definition) is 0. The van der Waals surface area contributed by atoms with Crippen LogP contribution in [-0.2, 0) is 5.41 Å². The summed E-state index contributed by atoms with van der Waals surface area (Å²) in [6.07, 6.45) is 0. The molecular weight excluding hydrogens is 746 g/mol. The van der Waals surface area contributed by atoms with E-state index in [1.54, 1.807) is 0 Å². The van der Waals surface area contributed by atoms with Gasteiger partial charge in [-0.1, -0.05) is 183 Å². The number of fused-ring (bicyclic) bond motifs is 10. The second kappa shape index (κ2) is 13.1. The minimum Gasteiger partial charge on any atom is -0.312 e. The molecular formula is C58H42B2N2. The molecule has 4 aliphatic heterocycles. The van der Waals surface area contributed by atoms with E-state index in [1.165, 1.54) is 117 Å². The second-order valence-corrected chi connectivity index (χ2v) is 18.4. The van der Waals surface area contributed by atoms with Crippen molar-refractivity contribution in [1.82, 2.24) is 0 Å². The van der Waals surface area contributed by atoms with Gasteiger partial charge in [0.25, 0.3) is 0 Å². The van der Waals surface area contributed by atoms with Crippen LogP contribution in [0.15, 0.2) is 200 Å². The standard InChI is InChI=1S/C58H42B2N2/c1-58(2,3)41-29-23-38(24-30-41)40-27-33-43(34-28-40)62-53-22-12-18-47-45-16-8-10-20-49(45)60(57(47)53)51-35-54-50(36-55(51)62)59-48-19-9-7-15-44(48)46-17-11-21-52(56(46)59)61(54)42-31-25-39(26-32-42)37-13-5-4-6-14-37/h4-36H,1-3H3. The summed E-state index contributed by atoms with van der Waals surface area (Å²) in [7, 11) is 0. The first-order valence-electron chi connectivity index (χ1n) is 22.0. The van der Waals surface area contributed by atoms with Crippen LogP contribution in [0.25, 0.3) is 44.5 Å². The van der Waals surface area contributed by atoms with Crippen molar-refractivity contribution in [2.45, 2.75) is 26.2 Å². The lowest BCUT2D eigenvalue weighted by molar-refractivity contribution is 0.590. The predicted molar refractivity (Wildman–Crippen MR) is 266 cm³/mol. The van der Waals surface area contributed by atoms with Gasteiger partial charge in [0.05, 0.1) is 0 Å². The fraction of sp³-hybridized carbons (Fsp3) is 0.0690. The highest BCUT2D eigenvalue weighted by atomic mass is 15.2. The van der Waals surface area contributed by atoms with Gasteiger partial charge in [0, 0.05) is 34.1 Å². The molecule has 0 saturated heterocycles. The normalized spacial score (nSPS) is 13.6. The maximum Gasteiger partial charge on any atom is 0.248 e. The van der Waals surface area contributed by atoms with E-state index < -0.39 is 0 Å². The van der Waals surface area contributed by atoms with Crippen molar-refractivity contribution in [2.24, 2.45) is 0 Å². The molecule has 9 aromatic rings. The van der Waals surface area contributed by atoms with Crippen molar-refractivity contribution in [3.8, 4) is 44.5 Å². The van der Waals surface area contributed by atoms with E-state index >= 15 is 0 Å². The van der Waals surface area contributed by atoms with Gasteiger partial charge >= 0.3 is 0 Å². The average Bonchev–Trinajstić information content (AvgIpc) is 3.84. The van der Waals surface area contributed by atoms with Crippen molar-refractivity contribution >= 4 is 80.3 Å². The Morgan fingerprint density at radius 1 is 0.323 bits per heavy atom. The number of rotatable bonds is 4. The van der Waals surface area contributed by atoms with Gasteiger partial charge in [-0.15, -0.1) is 0 Å². The first-order chi connectivity index (χ1) is 30.4. The van der Waals surface area contributed by atoms with E-state index in [2.05, 4.69) is 231 Å². The van der Waals surface area contributed by atoms with E-state index in [4.69, 9.17) is 0 Å². The molecule has 0 amide bonds. The Hall–Kier alpha value is -7.29. The zero-order chi connectivity index (χ0) is 41.3. The molecule has 0 N–H and O–H groups in total. The highest BCUT2D eigenvalue weighted by molar-refractivity contribution is 7.03. The Morgan fingerprint density at radius 3 is 1.16 bits per heavy atom. The van der Waals surface area contributed by atoms with Crippen LogP contribution in [0, 0.1) is 0 Å². The largest absolute Gasteiger partial charge is 0.312 e. The summed E-state index contributed by atoms with van der Waals surface area (Å²) in [6.45, 7) is 7.05. The molecule has 4 aliphatic rings. The number of benzene rings is 9. The number of hydrogen-bond acceptors (Lipinski definition) is 2. The van der Waals surface area contributed by atoms with Gasteiger partial charge in [-0.3, -0.25) is 0 Å². The average molecular weight is 789 g/mol. The Kier molecular flexibility index (Phi) is 7.50. The number of anilines is 6. The van der Waals surface area contributed by atoms with Crippen LogP contribution < -0.4 is 42.6 Å². The van der Waals surface area contributed by atoms with Crippen molar-refractivity contribution in [2.75, 3.05) is 9.80 Å². The summed E-state index contributed by atoms with van der Waals surface area (Å²) in [6, 6.07) is 75.5. The first-order valence-corrected chi connectivity index (χ1v) is 22.0. The topological polar surface area (TPSA) is 6.48 Å². The summed E-state index contributed by atoms with van der Waals surface area (Å²) < 4.78 is 0. The molecule has 2 nitrogen and oxygen atoms in total. The van der Waals surface area contributed by atoms with Crippen molar-refractivity contribution in [1.29, 1.82) is 0 Å². The SMILES string of the molecule is CC(C)(C)c1ccc(-c2ccc(N3c4cc5c(cc4B4c6ccccc6-c6cccc3c64)N(c3ccc(-c4ccccc4)cc3)c3cccc4c3B5c3ccccc3-4)cc2)cc1. The molecule has 290 valence electrons. The van der Waals surface area contributed by atoms with Crippen LogP contribution in [-0.4, -0.2) is 13.4 Å². The van der Waals surface area contributed by atoms with E-state index in [0.717, 1.165) is 0 Å². The molecule has 9 aromatic carbocycles. The fourth-order valence-electron chi connectivity index (χ4n) is 11.2. The van der Waals surface area contributed by atoms with Gasteiger partial charge in [0.1, 0.15) is 0 Å². The molecule has 4 heteroatoms. The third-order valence-electron chi connectivity index (χ3n) is 14.1. The Morgan fingerprint density at radius 2 is 0.710 bits per heavy atom. The molecule has 0 radical (unpaired) electrons. The van der Waals surface area contributed by atoms with Gasteiger partial charge in [0.2, 0.25) is 13.4 Å². The molecule has 0 bridgehead atoms. The van der Waals surface area contributed by atoms with Gasteiger partial charge in [0.15, 0.2) is 0 Å². The van der Waals surface area contributed by atoms with Gasteiger partial charge in [-0.2, -0.15) is 0 Å². The van der Waals surface area contributed by atoms with E-state index in [1.807, 2.05) is 0 Å². The highest BCUT2D eigenvalue weighted by Gasteiger charge is 2.47. The van der Waals surface area contributed by atoms with Crippen LogP contribution >= 0.6 is 0 Å². The van der Waals surface area contributed by atoms with Crippen LogP contribution in [0.4, 0.5) is 34.1 Å². The first kappa shape index (κ1) is 35.5. The maximum absolute atomic E-state index is 2.57. The van der Waals surface area contributed by atoms with E-state index in [9.17, 15) is 0 Å². The molecule has 0 aromatic heterocycles. The molecule has 0 fully saturated rings. The molecule has 0 atom stereocenters. The minimum absolute atomic E-state index is 0.112. The van der Waals surface area contributed by atoms with Crippen LogP contribution in [0.2, 0.25) is 0 Å². The highest BCUT2D eigenvalue weighted by Crippen LogP contribution is 2.45. The third-order valence-corrected chi connectivity index (χ3v) is 14.1. The summed E-state index contributed by atoms with van der Waals surface area (Å²) in [5.74, 6) is 0.